The molecule has 2 fully saturated rings. The van der Waals surface area contributed by atoms with E-state index in [2.05, 4.69) is 60.1 Å². The van der Waals surface area contributed by atoms with E-state index >= 15 is 0 Å². The first-order valence-corrected chi connectivity index (χ1v) is 13.1. The molecule has 0 unspecified atom stereocenters. The normalized spacial score (nSPS) is 22.9. The summed E-state index contributed by atoms with van der Waals surface area (Å²) in [5.74, 6) is 0.506. The lowest BCUT2D eigenvalue weighted by molar-refractivity contribution is -0.158. The van der Waals surface area contributed by atoms with Gasteiger partial charge in [0.25, 0.3) is 0 Å². The molecule has 2 atom stereocenters. The van der Waals surface area contributed by atoms with Gasteiger partial charge in [-0.1, -0.05) is 56.3 Å². The largest absolute Gasteiger partial charge is 0.379 e. The van der Waals surface area contributed by atoms with E-state index in [0.29, 0.717) is 18.9 Å². The maximum absolute atomic E-state index is 13.8. The van der Waals surface area contributed by atoms with Crippen LogP contribution in [0.4, 0.5) is 0 Å². The van der Waals surface area contributed by atoms with E-state index in [1.54, 1.807) is 4.90 Å². The summed E-state index contributed by atoms with van der Waals surface area (Å²) in [6, 6.07) is 16.0. The van der Waals surface area contributed by atoms with Gasteiger partial charge in [0.1, 0.15) is 6.04 Å². The Balaban J connectivity index is 1.36. The number of hydrogen-bond acceptors (Lipinski definition) is 4. The second-order valence-corrected chi connectivity index (χ2v) is 10.5. The SMILES string of the molecule is CC(C)c1ccc([C@H]2c3[nH]c4ccccc4c3C[C@H]3C(=O)N(CCN4CCOCC4)CC(=O)N23)cc1. The molecular formula is C29H34N4O3. The predicted octanol–water partition coefficient (Wildman–Crippen LogP) is 3.31. The average Bonchev–Trinajstić information content (AvgIpc) is 3.28. The highest BCUT2D eigenvalue weighted by Crippen LogP contribution is 2.42. The Bertz CT molecular complexity index is 1280. The van der Waals surface area contributed by atoms with E-state index in [-0.39, 0.29) is 24.4 Å². The van der Waals surface area contributed by atoms with E-state index in [1.165, 1.54) is 5.56 Å². The number of aromatic nitrogens is 1. The van der Waals surface area contributed by atoms with Crippen LogP contribution in [-0.4, -0.2) is 83.5 Å². The van der Waals surface area contributed by atoms with Gasteiger partial charge in [-0.3, -0.25) is 14.5 Å². The molecule has 0 radical (unpaired) electrons. The molecule has 6 rings (SSSR count). The number of morpholine rings is 1. The highest BCUT2D eigenvalue weighted by atomic mass is 16.5. The van der Waals surface area contributed by atoms with Gasteiger partial charge in [0.05, 0.1) is 25.8 Å². The van der Waals surface area contributed by atoms with E-state index in [0.717, 1.165) is 60.6 Å². The van der Waals surface area contributed by atoms with Gasteiger partial charge in [-0.15, -0.1) is 0 Å². The molecule has 3 aliphatic rings. The average molecular weight is 487 g/mol. The van der Waals surface area contributed by atoms with Crippen molar-refractivity contribution in [3.63, 3.8) is 0 Å². The van der Waals surface area contributed by atoms with Crippen molar-refractivity contribution in [2.45, 2.75) is 38.3 Å². The molecule has 2 saturated heterocycles. The predicted molar refractivity (Wildman–Crippen MR) is 139 cm³/mol. The smallest absolute Gasteiger partial charge is 0.246 e. The Morgan fingerprint density at radius 2 is 1.75 bits per heavy atom. The van der Waals surface area contributed by atoms with Crippen molar-refractivity contribution in [2.75, 3.05) is 45.9 Å². The van der Waals surface area contributed by atoms with Gasteiger partial charge in [-0.2, -0.15) is 0 Å². The Kier molecular flexibility index (Phi) is 6.05. The van der Waals surface area contributed by atoms with Crippen LogP contribution in [0.5, 0.6) is 0 Å². The molecular weight excluding hydrogens is 452 g/mol. The van der Waals surface area contributed by atoms with Gasteiger partial charge in [0.2, 0.25) is 11.8 Å². The van der Waals surface area contributed by atoms with Crippen molar-refractivity contribution in [2.24, 2.45) is 0 Å². The number of aromatic amines is 1. The monoisotopic (exact) mass is 486 g/mol. The Morgan fingerprint density at radius 1 is 1.00 bits per heavy atom. The van der Waals surface area contributed by atoms with Crippen molar-refractivity contribution >= 4 is 22.7 Å². The second-order valence-electron chi connectivity index (χ2n) is 10.5. The van der Waals surface area contributed by atoms with Gasteiger partial charge in [-0.05, 0) is 28.7 Å². The van der Waals surface area contributed by atoms with Crippen molar-refractivity contribution in [3.8, 4) is 0 Å². The zero-order chi connectivity index (χ0) is 24.8. The number of fused-ring (bicyclic) bond motifs is 4. The molecule has 1 N–H and O–H groups in total. The molecule has 3 aromatic rings. The number of amides is 2. The fourth-order valence-corrected chi connectivity index (χ4v) is 6.01. The zero-order valence-electron chi connectivity index (χ0n) is 21.1. The van der Waals surface area contributed by atoms with Crippen LogP contribution in [0.1, 0.15) is 48.2 Å². The van der Waals surface area contributed by atoms with Crippen LogP contribution < -0.4 is 0 Å². The van der Waals surface area contributed by atoms with Crippen LogP contribution in [-0.2, 0) is 20.7 Å². The van der Waals surface area contributed by atoms with Crippen molar-refractivity contribution in [3.05, 3.63) is 70.9 Å². The standard InChI is InChI=1S/C29H34N4O3/c1-19(2)20-7-9-21(10-8-20)28-27-23(22-5-3-4-6-24(22)30-27)17-25-29(35)32(18-26(34)33(25)28)12-11-31-13-15-36-16-14-31/h3-10,19,25,28,30H,11-18H2,1-2H3/t25-,28-/m0/s1. The third-order valence-corrected chi connectivity index (χ3v) is 8.05. The summed E-state index contributed by atoms with van der Waals surface area (Å²) in [6.07, 6.45) is 0.540. The molecule has 4 heterocycles. The van der Waals surface area contributed by atoms with E-state index in [9.17, 15) is 9.59 Å². The van der Waals surface area contributed by atoms with Crippen molar-refractivity contribution in [1.82, 2.24) is 19.7 Å². The van der Waals surface area contributed by atoms with Crippen molar-refractivity contribution < 1.29 is 14.3 Å². The molecule has 188 valence electrons. The first-order valence-electron chi connectivity index (χ1n) is 13.1. The minimum atomic E-state index is -0.488. The summed E-state index contributed by atoms with van der Waals surface area (Å²) in [7, 11) is 0. The molecule has 36 heavy (non-hydrogen) atoms. The van der Waals surface area contributed by atoms with Crippen LogP contribution in [0, 0.1) is 0 Å². The van der Waals surface area contributed by atoms with Crippen LogP contribution in [0.2, 0.25) is 0 Å². The quantitative estimate of drug-likeness (QED) is 0.601. The summed E-state index contributed by atoms with van der Waals surface area (Å²) in [5.41, 5.74) is 5.54. The summed E-state index contributed by atoms with van der Waals surface area (Å²) >= 11 is 0. The van der Waals surface area contributed by atoms with E-state index in [1.807, 2.05) is 17.0 Å². The number of benzene rings is 2. The van der Waals surface area contributed by atoms with Crippen LogP contribution >= 0.6 is 0 Å². The molecule has 0 bridgehead atoms. The number of hydrogen-bond donors (Lipinski definition) is 1. The molecule has 2 aromatic carbocycles. The molecule has 7 heteroatoms. The van der Waals surface area contributed by atoms with Gasteiger partial charge in [0, 0.05) is 49.2 Å². The fraction of sp³-hybridized carbons (Fsp3) is 0.448. The third kappa shape index (κ3) is 4.00. The fourth-order valence-electron chi connectivity index (χ4n) is 6.01. The highest BCUT2D eigenvalue weighted by Gasteiger charge is 2.48. The van der Waals surface area contributed by atoms with Crippen LogP contribution in [0.15, 0.2) is 48.5 Å². The number of rotatable bonds is 5. The number of H-pyrrole nitrogens is 1. The van der Waals surface area contributed by atoms with E-state index < -0.39 is 6.04 Å². The first kappa shape index (κ1) is 23.3. The van der Waals surface area contributed by atoms with Crippen LogP contribution in [0.3, 0.4) is 0 Å². The number of ether oxygens (including phenoxy) is 1. The highest BCUT2D eigenvalue weighted by molar-refractivity contribution is 5.97. The van der Waals surface area contributed by atoms with Crippen LogP contribution in [0.25, 0.3) is 10.9 Å². The Morgan fingerprint density at radius 3 is 2.50 bits per heavy atom. The topological polar surface area (TPSA) is 68.9 Å². The first-order chi connectivity index (χ1) is 17.5. The lowest BCUT2D eigenvalue weighted by Crippen LogP contribution is -2.63. The number of nitrogens with zero attached hydrogens (tertiary/aromatic N) is 3. The summed E-state index contributed by atoms with van der Waals surface area (Å²) in [6.45, 7) is 9.04. The van der Waals surface area contributed by atoms with Crippen molar-refractivity contribution in [1.29, 1.82) is 0 Å². The zero-order valence-corrected chi connectivity index (χ0v) is 21.1. The number of nitrogens with one attached hydrogen (secondary N) is 1. The number of para-hydroxylation sites is 1. The maximum Gasteiger partial charge on any atom is 0.246 e. The maximum atomic E-state index is 13.8. The molecule has 1 aromatic heterocycles. The Hall–Kier alpha value is -3.16. The van der Waals surface area contributed by atoms with Gasteiger partial charge in [0.15, 0.2) is 0 Å². The summed E-state index contributed by atoms with van der Waals surface area (Å²) < 4.78 is 5.45. The molecule has 0 spiro atoms. The molecule has 0 aliphatic carbocycles. The summed E-state index contributed by atoms with van der Waals surface area (Å²) in [4.78, 5) is 37.1. The molecule has 0 saturated carbocycles. The van der Waals surface area contributed by atoms with Gasteiger partial charge in [-0.25, -0.2) is 0 Å². The number of piperazine rings is 1. The Labute approximate surface area is 212 Å². The lowest BCUT2D eigenvalue weighted by Gasteiger charge is -2.47. The summed E-state index contributed by atoms with van der Waals surface area (Å²) in [5, 5.41) is 1.14. The van der Waals surface area contributed by atoms with Gasteiger partial charge < -0.3 is 19.5 Å². The number of carbonyl (C=O) groups is 2. The third-order valence-electron chi connectivity index (χ3n) is 8.05. The molecule has 7 nitrogen and oxygen atoms in total. The lowest BCUT2D eigenvalue weighted by atomic mass is 9.85. The minimum Gasteiger partial charge on any atom is -0.379 e. The molecule has 3 aliphatic heterocycles. The number of carbonyl (C=O) groups excluding carboxylic acids is 2. The molecule has 2 amide bonds. The minimum absolute atomic E-state index is 0.0174. The van der Waals surface area contributed by atoms with Gasteiger partial charge >= 0.3 is 0 Å². The second kappa shape index (κ2) is 9.37. The van der Waals surface area contributed by atoms with E-state index in [4.69, 9.17) is 4.74 Å².